The first-order valence-electron chi connectivity index (χ1n) is 6.39. The zero-order valence-electron chi connectivity index (χ0n) is 12.3. The molecule has 0 spiro atoms. The Hall–Kier alpha value is -0.810. The molecule has 18 heavy (non-hydrogen) atoms. The van der Waals surface area contributed by atoms with Crippen LogP contribution in [-0.2, 0) is 4.74 Å². The van der Waals surface area contributed by atoms with Crippen LogP contribution in [0.5, 0.6) is 0 Å². The molecule has 1 fully saturated rings. The summed E-state index contributed by atoms with van der Waals surface area (Å²) in [6.07, 6.45) is 0.296. The summed E-state index contributed by atoms with van der Waals surface area (Å²) in [6, 6.07) is -0.0430. The Labute approximate surface area is 109 Å². The molecule has 0 aromatic carbocycles. The molecule has 106 valence electrons. The van der Waals surface area contributed by atoms with Gasteiger partial charge >= 0.3 is 6.03 Å². The number of hydrogen-bond acceptors (Lipinski definition) is 3. The molecule has 3 unspecified atom stereocenters. The minimum absolute atomic E-state index is 0.0942. The second-order valence-corrected chi connectivity index (χ2v) is 6.09. The maximum Gasteiger partial charge on any atom is 0.317 e. The van der Waals surface area contributed by atoms with E-state index in [1.54, 1.807) is 21.1 Å². The summed E-state index contributed by atoms with van der Waals surface area (Å²) in [5, 5.41) is 12.3. The summed E-state index contributed by atoms with van der Waals surface area (Å²) < 4.78 is 5.52. The molecule has 1 aliphatic carbocycles. The van der Waals surface area contributed by atoms with Crippen LogP contribution in [-0.4, -0.2) is 54.5 Å². The first-order valence-corrected chi connectivity index (χ1v) is 6.39. The van der Waals surface area contributed by atoms with Gasteiger partial charge in [0, 0.05) is 32.2 Å². The van der Waals surface area contributed by atoms with E-state index in [1.165, 1.54) is 4.90 Å². The van der Waals surface area contributed by atoms with Crippen molar-refractivity contribution in [2.75, 3.05) is 20.7 Å². The minimum Gasteiger partial charge on any atom is -0.392 e. The van der Waals surface area contributed by atoms with Crippen molar-refractivity contribution in [2.24, 2.45) is 5.41 Å². The molecule has 1 aliphatic rings. The predicted molar refractivity (Wildman–Crippen MR) is 70.4 cm³/mol. The number of amides is 2. The lowest BCUT2D eigenvalue weighted by molar-refractivity contribution is -0.177. The van der Waals surface area contributed by atoms with Crippen LogP contribution < -0.4 is 5.32 Å². The van der Waals surface area contributed by atoms with E-state index in [0.717, 1.165) is 6.42 Å². The second kappa shape index (κ2) is 5.05. The molecule has 0 aromatic rings. The van der Waals surface area contributed by atoms with Gasteiger partial charge in [0.1, 0.15) is 0 Å². The van der Waals surface area contributed by atoms with Gasteiger partial charge in [0.15, 0.2) is 0 Å². The first kappa shape index (κ1) is 15.2. The highest BCUT2D eigenvalue weighted by molar-refractivity contribution is 5.74. The summed E-state index contributed by atoms with van der Waals surface area (Å²) in [5.41, 5.74) is -0.281. The molecular weight excluding hydrogens is 232 g/mol. The van der Waals surface area contributed by atoms with Crippen molar-refractivity contribution >= 4 is 6.03 Å². The van der Waals surface area contributed by atoms with Gasteiger partial charge < -0.3 is 20.1 Å². The van der Waals surface area contributed by atoms with Crippen molar-refractivity contribution in [3.63, 3.8) is 0 Å². The van der Waals surface area contributed by atoms with Gasteiger partial charge in [-0.1, -0.05) is 13.8 Å². The van der Waals surface area contributed by atoms with Gasteiger partial charge in [-0.2, -0.15) is 0 Å². The maximum absolute atomic E-state index is 11.9. The van der Waals surface area contributed by atoms with Gasteiger partial charge in [-0.05, 0) is 20.3 Å². The Bertz CT molecular complexity index is 317. The molecule has 2 amide bonds. The zero-order chi connectivity index (χ0) is 14.1. The van der Waals surface area contributed by atoms with Crippen LogP contribution in [0.1, 0.15) is 34.1 Å². The smallest absolute Gasteiger partial charge is 0.317 e. The molecule has 2 N–H and O–H groups in total. The molecule has 5 nitrogen and oxygen atoms in total. The number of nitrogens with zero attached hydrogens (tertiary/aromatic N) is 1. The van der Waals surface area contributed by atoms with Crippen molar-refractivity contribution < 1.29 is 14.6 Å². The van der Waals surface area contributed by atoms with E-state index in [4.69, 9.17) is 4.74 Å². The number of aliphatic hydroxyl groups excluding tert-OH is 1. The first-order chi connectivity index (χ1) is 8.14. The average Bonchev–Trinajstić information content (AvgIpc) is 2.26. The molecule has 0 saturated heterocycles. The van der Waals surface area contributed by atoms with Crippen molar-refractivity contribution in [3.8, 4) is 0 Å². The molecule has 0 bridgehead atoms. The third kappa shape index (κ3) is 2.62. The van der Waals surface area contributed by atoms with Gasteiger partial charge in [0.2, 0.25) is 0 Å². The van der Waals surface area contributed by atoms with Crippen LogP contribution >= 0.6 is 0 Å². The number of urea groups is 1. The second-order valence-electron chi connectivity index (χ2n) is 6.09. The number of nitrogens with one attached hydrogen (secondary N) is 1. The fraction of sp³-hybridized carbons (Fsp3) is 0.923. The number of carbonyl (C=O) groups excluding carboxylic acids is 1. The molecule has 3 atom stereocenters. The highest BCUT2D eigenvalue weighted by Crippen LogP contribution is 2.51. The third-order valence-corrected chi connectivity index (χ3v) is 4.46. The van der Waals surface area contributed by atoms with Crippen LogP contribution in [0.4, 0.5) is 4.79 Å². The molecule has 1 saturated carbocycles. The fourth-order valence-electron chi connectivity index (χ4n) is 2.46. The standard InChI is InChI=1S/C13H26N2O3/c1-9(16)8-15(5)11(17)14-10-7-13(4,18-6)12(10,2)3/h9-10,16H,7-8H2,1-6H3,(H,14,17). The number of ether oxygens (including phenoxy) is 1. The Morgan fingerprint density at radius 2 is 2.11 bits per heavy atom. The summed E-state index contributed by atoms with van der Waals surface area (Å²) in [7, 11) is 3.39. The lowest BCUT2D eigenvalue weighted by atomic mass is 9.56. The van der Waals surface area contributed by atoms with Gasteiger partial charge in [-0.15, -0.1) is 0 Å². The summed E-state index contributed by atoms with van der Waals surface area (Å²) in [6.45, 7) is 8.26. The van der Waals surface area contributed by atoms with E-state index in [0.29, 0.717) is 6.54 Å². The summed E-state index contributed by atoms with van der Waals surface area (Å²) in [4.78, 5) is 13.4. The molecule has 0 aliphatic heterocycles. The Morgan fingerprint density at radius 3 is 2.50 bits per heavy atom. The van der Waals surface area contributed by atoms with Crippen LogP contribution in [0.3, 0.4) is 0 Å². The van der Waals surface area contributed by atoms with Crippen molar-refractivity contribution in [1.29, 1.82) is 0 Å². The monoisotopic (exact) mass is 258 g/mol. The van der Waals surface area contributed by atoms with E-state index in [2.05, 4.69) is 26.1 Å². The van der Waals surface area contributed by atoms with E-state index in [1.807, 2.05) is 0 Å². The highest BCUT2D eigenvalue weighted by Gasteiger charge is 2.58. The number of carbonyl (C=O) groups is 1. The molecule has 0 radical (unpaired) electrons. The fourth-order valence-corrected chi connectivity index (χ4v) is 2.46. The highest BCUT2D eigenvalue weighted by atomic mass is 16.5. The van der Waals surface area contributed by atoms with Crippen molar-refractivity contribution in [3.05, 3.63) is 0 Å². The third-order valence-electron chi connectivity index (χ3n) is 4.46. The summed E-state index contributed by atoms with van der Waals surface area (Å²) in [5.74, 6) is 0. The van der Waals surface area contributed by atoms with E-state index < -0.39 is 6.10 Å². The SMILES string of the molecule is COC1(C)CC(NC(=O)N(C)CC(C)O)C1(C)C. The topological polar surface area (TPSA) is 61.8 Å². The normalized spacial score (nSPS) is 31.4. The minimum atomic E-state index is -0.514. The Kier molecular flexibility index (Phi) is 4.28. The molecule has 1 rings (SSSR count). The zero-order valence-corrected chi connectivity index (χ0v) is 12.3. The van der Waals surface area contributed by atoms with E-state index in [9.17, 15) is 9.90 Å². The van der Waals surface area contributed by atoms with Crippen molar-refractivity contribution in [2.45, 2.75) is 51.9 Å². The van der Waals surface area contributed by atoms with Crippen LogP contribution in [0, 0.1) is 5.41 Å². The number of likely N-dealkylation sites (N-methyl/N-ethyl adjacent to an activating group) is 1. The van der Waals surface area contributed by atoms with Gasteiger partial charge in [0.05, 0.1) is 11.7 Å². The van der Waals surface area contributed by atoms with Crippen LogP contribution in [0.15, 0.2) is 0 Å². The van der Waals surface area contributed by atoms with E-state index in [-0.39, 0.29) is 23.1 Å². The maximum atomic E-state index is 11.9. The molecular formula is C13H26N2O3. The number of methoxy groups -OCH3 is 1. The Balaban J connectivity index is 2.53. The molecule has 5 heteroatoms. The lowest BCUT2D eigenvalue weighted by Gasteiger charge is -2.59. The number of aliphatic hydroxyl groups is 1. The van der Waals surface area contributed by atoms with Gasteiger partial charge in [0.25, 0.3) is 0 Å². The summed E-state index contributed by atoms with van der Waals surface area (Å²) >= 11 is 0. The van der Waals surface area contributed by atoms with Gasteiger partial charge in [-0.25, -0.2) is 4.79 Å². The largest absolute Gasteiger partial charge is 0.392 e. The lowest BCUT2D eigenvalue weighted by Crippen LogP contribution is -2.69. The average molecular weight is 258 g/mol. The predicted octanol–water partition coefficient (Wildman–Crippen LogP) is 1.21. The van der Waals surface area contributed by atoms with Crippen LogP contribution in [0.25, 0.3) is 0 Å². The Morgan fingerprint density at radius 1 is 1.56 bits per heavy atom. The number of rotatable bonds is 4. The van der Waals surface area contributed by atoms with Gasteiger partial charge in [-0.3, -0.25) is 0 Å². The molecule has 0 heterocycles. The van der Waals surface area contributed by atoms with E-state index >= 15 is 0 Å². The number of hydrogen-bond donors (Lipinski definition) is 2. The van der Waals surface area contributed by atoms with Crippen molar-refractivity contribution in [1.82, 2.24) is 10.2 Å². The van der Waals surface area contributed by atoms with Crippen LogP contribution in [0.2, 0.25) is 0 Å². The quantitative estimate of drug-likeness (QED) is 0.797. The molecule has 0 aromatic heterocycles.